The number of carboxylic acids is 1. The van der Waals surface area contributed by atoms with Gasteiger partial charge in [0.2, 0.25) is 0 Å². The number of benzene rings is 1. The summed E-state index contributed by atoms with van der Waals surface area (Å²) in [7, 11) is 0. The first-order valence-corrected chi connectivity index (χ1v) is 6.72. The van der Waals surface area contributed by atoms with Crippen molar-refractivity contribution in [3.8, 4) is 5.75 Å². The Morgan fingerprint density at radius 1 is 1.33 bits per heavy atom. The molecule has 2 atom stereocenters. The predicted molar refractivity (Wildman–Crippen MR) is 72.1 cm³/mol. The van der Waals surface area contributed by atoms with Gasteiger partial charge < -0.3 is 25.2 Å². The highest BCUT2D eigenvalue weighted by Crippen LogP contribution is 2.31. The number of hydrogen-bond acceptors (Lipinski definition) is 4. The van der Waals surface area contributed by atoms with Gasteiger partial charge in [0.15, 0.2) is 5.54 Å². The first kappa shape index (κ1) is 13.7. The molecule has 0 spiro atoms. The summed E-state index contributed by atoms with van der Waals surface area (Å²) in [5, 5.41) is 14.6. The van der Waals surface area contributed by atoms with Crippen LogP contribution in [0.5, 0.6) is 5.75 Å². The highest BCUT2D eigenvalue weighted by molar-refractivity contribution is 5.87. The second-order valence-corrected chi connectivity index (χ2v) is 5.19. The Hall–Kier alpha value is -2.28. The van der Waals surface area contributed by atoms with Crippen molar-refractivity contribution in [1.29, 1.82) is 0 Å². The molecule has 3 N–H and O–H groups in total. The molecule has 21 heavy (non-hydrogen) atoms. The van der Waals surface area contributed by atoms with Crippen LogP contribution in [0.2, 0.25) is 0 Å². The number of urea groups is 1. The van der Waals surface area contributed by atoms with E-state index in [2.05, 4.69) is 10.6 Å². The van der Waals surface area contributed by atoms with E-state index in [0.717, 1.165) is 11.3 Å². The molecule has 2 unspecified atom stereocenters. The molecule has 2 aliphatic rings. The molecule has 3 rings (SSSR count). The molecular formula is C14H16N2O5. The molecule has 2 heterocycles. The molecule has 7 heteroatoms. The maximum absolute atomic E-state index is 12.1. The average molecular weight is 292 g/mol. The Kier molecular flexibility index (Phi) is 3.42. The van der Waals surface area contributed by atoms with Crippen LogP contribution >= 0.6 is 0 Å². The van der Waals surface area contributed by atoms with E-state index in [4.69, 9.17) is 9.47 Å². The number of fused-ring (bicyclic) bond motifs is 1. The van der Waals surface area contributed by atoms with Crippen LogP contribution in [0.25, 0.3) is 0 Å². The Labute approximate surface area is 121 Å². The van der Waals surface area contributed by atoms with E-state index in [0.29, 0.717) is 13.2 Å². The van der Waals surface area contributed by atoms with Crippen molar-refractivity contribution < 1.29 is 24.2 Å². The predicted octanol–water partition coefficient (Wildman–Crippen LogP) is 0.663. The number of para-hydroxylation sites is 1. The number of hydrogen-bond donors (Lipinski definition) is 3. The van der Waals surface area contributed by atoms with Gasteiger partial charge in [0, 0.05) is 18.6 Å². The van der Waals surface area contributed by atoms with Crippen molar-refractivity contribution >= 4 is 12.0 Å². The molecule has 7 nitrogen and oxygen atoms in total. The van der Waals surface area contributed by atoms with Gasteiger partial charge in [-0.1, -0.05) is 18.2 Å². The van der Waals surface area contributed by atoms with Gasteiger partial charge in [0.25, 0.3) is 0 Å². The third-order valence-corrected chi connectivity index (χ3v) is 3.79. The molecule has 1 saturated heterocycles. The second-order valence-electron chi connectivity index (χ2n) is 5.19. The number of carboxylic acid groups (broad SMARTS) is 1. The van der Waals surface area contributed by atoms with Gasteiger partial charge in [-0.05, 0) is 6.07 Å². The Morgan fingerprint density at radius 3 is 2.86 bits per heavy atom. The fraction of sp³-hybridized carbons (Fsp3) is 0.429. The number of ether oxygens (including phenoxy) is 2. The number of rotatable bonds is 3. The largest absolute Gasteiger partial charge is 0.491 e. The molecule has 1 aromatic rings. The van der Waals surface area contributed by atoms with Gasteiger partial charge in [0.1, 0.15) is 12.4 Å². The van der Waals surface area contributed by atoms with Crippen molar-refractivity contribution in [3.05, 3.63) is 29.8 Å². The van der Waals surface area contributed by atoms with E-state index in [9.17, 15) is 14.7 Å². The first-order chi connectivity index (χ1) is 10.1. The molecule has 2 amide bonds. The van der Waals surface area contributed by atoms with Gasteiger partial charge in [-0.25, -0.2) is 9.59 Å². The minimum absolute atomic E-state index is 0.0203. The Balaban J connectivity index is 1.66. The summed E-state index contributed by atoms with van der Waals surface area (Å²) in [6, 6.07) is 6.61. The molecule has 2 aliphatic heterocycles. The monoisotopic (exact) mass is 292 g/mol. The fourth-order valence-corrected chi connectivity index (χ4v) is 2.58. The van der Waals surface area contributed by atoms with E-state index >= 15 is 0 Å². The quantitative estimate of drug-likeness (QED) is 0.760. The van der Waals surface area contributed by atoms with Crippen molar-refractivity contribution in [2.75, 3.05) is 19.8 Å². The molecule has 0 bridgehead atoms. The third kappa shape index (κ3) is 2.52. The summed E-state index contributed by atoms with van der Waals surface area (Å²) in [5.74, 6) is -0.349. The number of aliphatic carboxylic acids is 1. The molecule has 0 aromatic heterocycles. The third-order valence-electron chi connectivity index (χ3n) is 3.79. The van der Waals surface area contributed by atoms with E-state index in [1.54, 1.807) is 0 Å². The fourth-order valence-electron chi connectivity index (χ4n) is 2.58. The molecule has 112 valence electrons. The van der Waals surface area contributed by atoms with Gasteiger partial charge in [-0.15, -0.1) is 0 Å². The Morgan fingerprint density at radius 2 is 2.14 bits per heavy atom. The summed E-state index contributed by atoms with van der Waals surface area (Å²) in [6.07, 6.45) is 0.257. The van der Waals surface area contributed by atoms with Crippen molar-refractivity contribution in [1.82, 2.24) is 10.6 Å². The number of carbonyl (C=O) groups is 2. The first-order valence-electron chi connectivity index (χ1n) is 6.72. The standard InChI is InChI=1S/C14H16N2O5/c17-12(18)14(5-6-20-8-14)16-13(19)15-10-7-21-11-4-2-1-3-9(10)11/h1-4,10H,5-8H2,(H,17,18)(H2,15,16,19). The number of nitrogens with one attached hydrogen (secondary N) is 2. The molecule has 1 fully saturated rings. The minimum atomic E-state index is -1.34. The molecule has 0 saturated carbocycles. The van der Waals surface area contributed by atoms with Gasteiger partial charge in [-0.2, -0.15) is 0 Å². The summed E-state index contributed by atoms with van der Waals surface area (Å²) < 4.78 is 10.6. The van der Waals surface area contributed by atoms with Crippen LogP contribution in [-0.4, -0.2) is 42.5 Å². The lowest BCUT2D eigenvalue weighted by molar-refractivity contribution is -0.144. The zero-order valence-corrected chi connectivity index (χ0v) is 11.3. The van der Waals surface area contributed by atoms with Crippen molar-refractivity contribution in [3.63, 3.8) is 0 Å². The van der Waals surface area contributed by atoms with Crippen LogP contribution in [-0.2, 0) is 9.53 Å². The van der Waals surface area contributed by atoms with Crippen LogP contribution in [0.3, 0.4) is 0 Å². The summed E-state index contributed by atoms with van der Waals surface area (Å²) in [5.41, 5.74) is -0.456. The SMILES string of the molecule is O=C(NC1COc2ccccc21)NC1(C(=O)O)CCOC1. The average Bonchev–Trinajstić information content (AvgIpc) is 3.08. The van der Waals surface area contributed by atoms with Crippen LogP contribution in [0.15, 0.2) is 24.3 Å². The molecule has 0 aliphatic carbocycles. The Bertz CT molecular complexity index is 568. The van der Waals surface area contributed by atoms with E-state index in [-0.39, 0.29) is 19.1 Å². The van der Waals surface area contributed by atoms with E-state index in [1.165, 1.54) is 0 Å². The van der Waals surface area contributed by atoms with Crippen LogP contribution in [0.1, 0.15) is 18.0 Å². The normalized spacial score (nSPS) is 26.8. The van der Waals surface area contributed by atoms with Crippen LogP contribution in [0.4, 0.5) is 4.79 Å². The van der Waals surface area contributed by atoms with E-state index in [1.807, 2.05) is 24.3 Å². The topological polar surface area (TPSA) is 96.9 Å². The van der Waals surface area contributed by atoms with Crippen molar-refractivity contribution in [2.24, 2.45) is 0 Å². The van der Waals surface area contributed by atoms with Crippen LogP contribution < -0.4 is 15.4 Å². The highest BCUT2D eigenvalue weighted by Gasteiger charge is 2.44. The lowest BCUT2D eigenvalue weighted by Crippen LogP contribution is -2.58. The van der Waals surface area contributed by atoms with Crippen LogP contribution in [0, 0.1) is 0 Å². The van der Waals surface area contributed by atoms with Gasteiger partial charge in [0.05, 0.1) is 12.6 Å². The number of amides is 2. The second kappa shape index (κ2) is 5.25. The lowest BCUT2D eigenvalue weighted by Gasteiger charge is -2.24. The zero-order valence-electron chi connectivity index (χ0n) is 11.3. The molecule has 0 radical (unpaired) electrons. The summed E-state index contributed by atoms with van der Waals surface area (Å²) in [4.78, 5) is 23.4. The highest BCUT2D eigenvalue weighted by atomic mass is 16.5. The maximum Gasteiger partial charge on any atom is 0.332 e. The smallest absolute Gasteiger partial charge is 0.332 e. The molecule has 1 aromatic carbocycles. The van der Waals surface area contributed by atoms with E-state index < -0.39 is 17.5 Å². The molecular weight excluding hydrogens is 276 g/mol. The lowest BCUT2D eigenvalue weighted by atomic mass is 9.99. The number of carbonyl (C=O) groups excluding carboxylic acids is 1. The van der Waals surface area contributed by atoms with Crippen molar-refractivity contribution in [2.45, 2.75) is 18.0 Å². The van der Waals surface area contributed by atoms with Gasteiger partial charge in [-0.3, -0.25) is 0 Å². The summed E-state index contributed by atoms with van der Waals surface area (Å²) >= 11 is 0. The zero-order chi connectivity index (χ0) is 14.9. The minimum Gasteiger partial charge on any atom is -0.491 e. The maximum atomic E-state index is 12.1. The summed E-state index contributed by atoms with van der Waals surface area (Å²) in [6.45, 7) is 0.638. The van der Waals surface area contributed by atoms with Gasteiger partial charge >= 0.3 is 12.0 Å².